The highest BCUT2D eigenvalue weighted by Gasteiger charge is 2.25. The monoisotopic (exact) mass is 1150 g/mol. The minimum absolute atomic E-state index is 0.806. The van der Waals surface area contributed by atoms with Crippen LogP contribution in [0.25, 0.3) is 143 Å². The van der Waals surface area contributed by atoms with Crippen LogP contribution in [0.4, 0.5) is 34.1 Å². The van der Waals surface area contributed by atoms with Crippen LogP contribution in [-0.2, 0) is 0 Å². The van der Waals surface area contributed by atoms with E-state index >= 15 is 0 Å². The molecule has 0 spiro atoms. The molecule has 18 rings (SSSR count). The van der Waals surface area contributed by atoms with Gasteiger partial charge < -0.3 is 27.5 Å². The third kappa shape index (κ3) is 8.41. The zero-order chi connectivity index (χ0) is 59.2. The largest absolute Gasteiger partial charge is 0.456 e. The normalized spacial score (nSPS) is 11.8. The van der Waals surface area contributed by atoms with Crippen LogP contribution in [0.1, 0.15) is 0 Å². The summed E-state index contributed by atoms with van der Waals surface area (Å²) in [6.07, 6.45) is 0. The molecule has 0 aliphatic carbocycles. The van der Waals surface area contributed by atoms with E-state index in [0.29, 0.717) is 0 Å². The molecule has 0 N–H and O–H groups in total. The Bertz CT molecular complexity index is 5800. The topological polar surface area (TPSA) is 59.0 Å². The number of hydrogen-bond donors (Lipinski definition) is 0. The van der Waals surface area contributed by atoms with Crippen molar-refractivity contribution in [3.05, 3.63) is 315 Å². The van der Waals surface area contributed by atoms with Gasteiger partial charge in [-0.25, -0.2) is 0 Å². The Morgan fingerprint density at radius 3 is 1.31 bits per heavy atom. The number of benzene rings is 14. The maximum Gasteiger partial charge on any atom is 0.143 e. The van der Waals surface area contributed by atoms with Crippen molar-refractivity contribution < 1.29 is 17.7 Å². The minimum atomic E-state index is 0.806. The second-order valence-corrected chi connectivity index (χ2v) is 23.1. The molecule has 4 aromatic heterocycles. The van der Waals surface area contributed by atoms with Gasteiger partial charge in [-0.3, -0.25) is 0 Å². The van der Waals surface area contributed by atoms with Gasteiger partial charge in [0.15, 0.2) is 0 Å². The standard InChI is InChI=1S/C84H52N2O4/c1-3-18-53(19-4-1)57-22-13-23-62(50-57)85(73-32-16-36-78-81(73)69-26-9-12-35-76(69)87-78)60-44-38-55(39-45-60)65-28-15-30-68-71-51-58(43-49-77(71)90-84(65)68)59-42-48-70-80(52-59)88-79-37-17-33-74(82(70)79)86(72-31-10-7-24-63(72)54-20-5-2-6-21-54)61-46-40-56(41-47-61)64-27-14-29-67-66-25-8-11-34-75(66)89-83(64)67/h1-52H. The molecule has 14 aromatic carbocycles. The van der Waals surface area contributed by atoms with Crippen molar-refractivity contribution in [3.8, 4) is 55.6 Å². The SMILES string of the molecule is c1ccc(-c2cccc(N(c3ccc(-c4cccc5c4oc4ccc(-c6ccc7c(c6)oc6cccc(N(c8ccc(-c9cccc%10c9oc9ccccc9%10)cc8)c8ccccc8-c8ccccc8)c67)cc45)cc3)c3cccc4oc5ccccc5c34)c2)cc1. The highest BCUT2D eigenvalue weighted by Crippen LogP contribution is 2.49. The lowest BCUT2D eigenvalue weighted by Gasteiger charge is -2.28. The lowest BCUT2D eigenvalue weighted by molar-refractivity contribution is 0.668. The number of para-hydroxylation sites is 5. The van der Waals surface area contributed by atoms with E-state index in [1.807, 2.05) is 24.3 Å². The van der Waals surface area contributed by atoms with Gasteiger partial charge in [0.1, 0.15) is 44.7 Å². The fraction of sp³-hybridized carbons (Fsp3) is 0. The molecule has 90 heavy (non-hydrogen) atoms. The molecule has 0 saturated heterocycles. The smallest absolute Gasteiger partial charge is 0.143 e. The molecule has 0 atom stereocenters. The van der Waals surface area contributed by atoms with Gasteiger partial charge in [0.05, 0.1) is 27.8 Å². The Balaban J connectivity index is 0.708. The summed E-state index contributed by atoms with van der Waals surface area (Å²) < 4.78 is 26.7. The summed E-state index contributed by atoms with van der Waals surface area (Å²) in [5.41, 5.74) is 23.8. The van der Waals surface area contributed by atoms with E-state index in [9.17, 15) is 0 Å². The van der Waals surface area contributed by atoms with Gasteiger partial charge in [0.2, 0.25) is 0 Å². The zero-order valence-electron chi connectivity index (χ0n) is 48.5. The van der Waals surface area contributed by atoms with E-state index in [0.717, 1.165) is 178 Å². The van der Waals surface area contributed by atoms with Crippen molar-refractivity contribution in [3.63, 3.8) is 0 Å². The summed E-state index contributed by atoms with van der Waals surface area (Å²) in [6, 6.07) is 112. The van der Waals surface area contributed by atoms with Gasteiger partial charge in [-0.05, 0) is 142 Å². The Kier molecular flexibility index (Phi) is 11.8. The Morgan fingerprint density at radius 1 is 0.189 bits per heavy atom. The molecule has 0 aliphatic heterocycles. The predicted molar refractivity (Wildman–Crippen MR) is 372 cm³/mol. The number of rotatable bonds is 11. The van der Waals surface area contributed by atoms with Crippen LogP contribution >= 0.6 is 0 Å². The lowest BCUT2D eigenvalue weighted by Crippen LogP contribution is -2.11. The van der Waals surface area contributed by atoms with E-state index < -0.39 is 0 Å². The van der Waals surface area contributed by atoms with Crippen LogP contribution in [0.3, 0.4) is 0 Å². The molecule has 0 unspecified atom stereocenters. The maximum absolute atomic E-state index is 6.91. The van der Waals surface area contributed by atoms with Crippen LogP contribution in [-0.4, -0.2) is 0 Å². The summed E-state index contributed by atoms with van der Waals surface area (Å²) >= 11 is 0. The highest BCUT2D eigenvalue weighted by molar-refractivity contribution is 6.17. The quantitative estimate of drug-likeness (QED) is 0.129. The molecule has 6 nitrogen and oxygen atoms in total. The first kappa shape index (κ1) is 51.1. The zero-order valence-corrected chi connectivity index (χ0v) is 48.5. The summed E-state index contributed by atoms with van der Waals surface area (Å²) in [6.45, 7) is 0. The van der Waals surface area contributed by atoms with Crippen LogP contribution < -0.4 is 9.80 Å². The summed E-state index contributed by atoms with van der Waals surface area (Å²) in [4.78, 5) is 4.73. The van der Waals surface area contributed by atoms with E-state index in [4.69, 9.17) is 17.7 Å². The molecular formula is C84H52N2O4. The van der Waals surface area contributed by atoms with Crippen LogP contribution in [0.2, 0.25) is 0 Å². The number of hydrogen-bond acceptors (Lipinski definition) is 6. The highest BCUT2D eigenvalue weighted by atomic mass is 16.3. The molecule has 0 fully saturated rings. The first-order valence-corrected chi connectivity index (χ1v) is 30.4. The Morgan fingerprint density at radius 2 is 0.611 bits per heavy atom. The molecule has 18 aromatic rings. The molecule has 0 aliphatic rings. The molecule has 0 radical (unpaired) electrons. The van der Waals surface area contributed by atoms with Gasteiger partial charge in [-0.2, -0.15) is 0 Å². The third-order valence-corrected chi connectivity index (χ3v) is 17.9. The van der Waals surface area contributed by atoms with Gasteiger partial charge in [-0.15, -0.1) is 0 Å². The molecule has 0 bridgehead atoms. The second-order valence-electron chi connectivity index (χ2n) is 23.1. The molecule has 0 amide bonds. The Labute approximate surface area is 517 Å². The van der Waals surface area contributed by atoms with Crippen molar-refractivity contribution in [2.45, 2.75) is 0 Å². The average molecular weight is 1150 g/mol. The van der Waals surface area contributed by atoms with Gasteiger partial charge in [0.25, 0.3) is 0 Å². The fourth-order valence-electron chi connectivity index (χ4n) is 13.7. The third-order valence-electron chi connectivity index (χ3n) is 17.9. The second kappa shape index (κ2) is 20.8. The number of nitrogens with zero attached hydrogens (tertiary/aromatic N) is 2. The minimum Gasteiger partial charge on any atom is -0.456 e. The number of anilines is 6. The van der Waals surface area contributed by atoms with Gasteiger partial charge >= 0.3 is 0 Å². The summed E-state index contributed by atoms with van der Waals surface area (Å²) in [7, 11) is 0. The van der Waals surface area contributed by atoms with Gasteiger partial charge in [-0.1, -0.05) is 212 Å². The van der Waals surface area contributed by atoms with E-state index in [2.05, 4.69) is 301 Å². The number of furan rings is 4. The maximum atomic E-state index is 6.91. The first-order valence-electron chi connectivity index (χ1n) is 30.4. The van der Waals surface area contributed by atoms with Crippen LogP contribution in [0, 0.1) is 0 Å². The van der Waals surface area contributed by atoms with Crippen molar-refractivity contribution in [2.75, 3.05) is 9.80 Å². The molecule has 6 heteroatoms. The predicted octanol–water partition coefficient (Wildman–Crippen LogP) is 24.6. The van der Waals surface area contributed by atoms with Crippen LogP contribution in [0.5, 0.6) is 0 Å². The van der Waals surface area contributed by atoms with Gasteiger partial charge in [0, 0.05) is 66.1 Å². The summed E-state index contributed by atoms with van der Waals surface area (Å²) in [5.74, 6) is 0. The molecule has 422 valence electrons. The molecule has 0 saturated carbocycles. The number of fused-ring (bicyclic) bond motifs is 12. The first-order chi connectivity index (χ1) is 44.6. The Hall–Kier alpha value is -12.1. The van der Waals surface area contributed by atoms with Crippen molar-refractivity contribution in [2.24, 2.45) is 0 Å². The molecule has 4 heterocycles. The van der Waals surface area contributed by atoms with E-state index in [1.165, 1.54) is 0 Å². The van der Waals surface area contributed by atoms with Crippen LogP contribution in [0.15, 0.2) is 333 Å². The lowest BCUT2D eigenvalue weighted by atomic mass is 9.98. The van der Waals surface area contributed by atoms with E-state index in [1.54, 1.807) is 0 Å². The van der Waals surface area contributed by atoms with E-state index in [-0.39, 0.29) is 0 Å². The fourth-order valence-corrected chi connectivity index (χ4v) is 13.7. The van der Waals surface area contributed by atoms with Crippen molar-refractivity contribution in [1.29, 1.82) is 0 Å². The van der Waals surface area contributed by atoms with Crippen molar-refractivity contribution in [1.82, 2.24) is 0 Å². The van der Waals surface area contributed by atoms with Crippen molar-refractivity contribution >= 4 is 122 Å². The molecular weight excluding hydrogens is 1100 g/mol. The summed E-state index contributed by atoms with van der Waals surface area (Å²) in [5, 5.41) is 8.52. The average Bonchev–Trinajstić information content (AvgIpc) is 1.69.